The van der Waals surface area contributed by atoms with Crippen LogP contribution in [0.25, 0.3) is 0 Å². The number of methoxy groups -OCH3 is 1. The summed E-state index contributed by atoms with van der Waals surface area (Å²) in [6, 6.07) is 3.84. The first kappa shape index (κ1) is 13.9. The molecule has 0 unspecified atom stereocenters. The predicted octanol–water partition coefficient (Wildman–Crippen LogP) is 2.14. The highest BCUT2D eigenvalue weighted by molar-refractivity contribution is 5.85. The first-order valence-corrected chi connectivity index (χ1v) is 6.46. The van der Waals surface area contributed by atoms with Gasteiger partial charge in [0.1, 0.15) is 11.2 Å². The topological polar surface area (TPSA) is 44.8 Å². The van der Waals surface area contributed by atoms with Crippen LogP contribution in [0, 0.1) is 13.8 Å². The molecule has 1 aliphatic rings. The summed E-state index contributed by atoms with van der Waals surface area (Å²) in [4.78, 5) is 12.2. The molecule has 0 saturated carbocycles. The van der Waals surface area contributed by atoms with Crippen LogP contribution in [-0.4, -0.2) is 32.9 Å². The molecule has 0 radical (unpaired) electrons. The molecule has 1 aliphatic heterocycles. The normalized spacial score (nSPS) is 16.6. The van der Waals surface area contributed by atoms with Crippen LogP contribution in [0.2, 0.25) is 0 Å². The van der Waals surface area contributed by atoms with E-state index in [4.69, 9.17) is 14.2 Å². The molecule has 0 N–H and O–H groups in total. The van der Waals surface area contributed by atoms with Crippen molar-refractivity contribution >= 4 is 5.97 Å². The number of carbonyl (C=O) groups is 1. The number of benzene rings is 1. The summed E-state index contributed by atoms with van der Waals surface area (Å²) in [7, 11) is 1.65. The quantitative estimate of drug-likeness (QED) is 0.782. The van der Waals surface area contributed by atoms with E-state index in [0.29, 0.717) is 19.8 Å². The summed E-state index contributed by atoms with van der Waals surface area (Å²) < 4.78 is 15.8. The van der Waals surface area contributed by atoms with Gasteiger partial charge < -0.3 is 14.2 Å². The van der Waals surface area contributed by atoms with Gasteiger partial charge in [0.05, 0.1) is 26.9 Å². The van der Waals surface area contributed by atoms with Gasteiger partial charge in [-0.25, -0.2) is 0 Å². The molecule has 0 amide bonds. The predicted molar refractivity (Wildman–Crippen MR) is 71.6 cm³/mol. The van der Waals surface area contributed by atoms with Crippen LogP contribution < -0.4 is 4.74 Å². The smallest absolute Gasteiger partial charge is 0.321 e. The van der Waals surface area contributed by atoms with Crippen LogP contribution in [0.1, 0.15) is 23.6 Å². The average Bonchev–Trinajstić information content (AvgIpc) is 2.34. The Bertz CT molecular complexity index is 489. The van der Waals surface area contributed by atoms with Crippen LogP contribution in [0.3, 0.4) is 0 Å². The molecular weight excluding hydrogens is 244 g/mol. The van der Waals surface area contributed by atoms with Crippen LogP contribution in [-0.2, 0) is 19.7 Å². The lowest BCUT2D eigenvalue weighted by molar-refractivity contribution is -0.169. The van der Waals surface area contributed by atoms with E-state index < -0.39 is 5.41 Å². The third kappa shape index (κ3) is 2.10. The van der Waals surface area contributed by atoms with Gasteiger partial charge in [0.15, 0.2) is 0 Å². The van der Waals surface area contributed by atoms with Crippen molar-refractivity contribution in [1.29, 1.82) is 0 Å². The fourth-order valence-electron chi connectivity index (χ4n) is 2.49. The third-order valence-corrected chi connectivity index (χ3v) is 3.84. The molecule has 1 saturated heterocycles. The van der Waals surface area contributed by atoms with Gasteiger partial charge in [0.2, 0.25) is 0 Å². The molecule has 0 atom stereocenters. The minimum atomic E-state index is -0.642. The fraction of sp³-hybridized carbons (Fsp3) is 0.533. The molecule has 1 aromatic carbocycles. The Kier molecular flexibility index (Phi) is 3.80. The highest BCUT2D eigenvalue weighted by Gasteiger charge is 2.50. The number of esters is 1. The van der Waals surface area contributed by atoms with Crippen molar-refractivity contribution in [3.05, 3.63) is 28.8 Å². The molecule has 1 aromatic rings. The Hall–Kier alpha value is -1.55. The van der Waals surface area contributed by atoms with Crippen molar-refractivity contribution in [2.24, 2.45) is 0 Å². The standard InChI is InChI=1S/C15H20O4/c1-5-19-14(16)15(8-18-9-15)12-6-7-13(17-4)11(3)10(12)2/h6-7H,5,8-9H2,1-4H3. The van der Waals surface area contributed by atoms with Gasteiger partial charge >= 0.3 is 5.97 Å². The van der Waals surface area contributed by atoms with Crippen LogP contribution in [0.15, 0.2) is 12.1 Å². The Morgan fingerprint density at radius 2 is 2.00 bits per heavy atom. The van der Waals surface area contributed by atoms with Gasteiger partial charge in [-0.2, -0.15) is 0 Å². The highest BCUT2D eigenvalue weighted by Crippen LogP contribution is 2.38. The second kappa shape index (κ2) is 5.21. The lowest BCUT2D eigenvalue weighted by Crippen LogP contribution is -2.54. The molecule has 0 aromatic heterocycles. The zero-order valence-electron chi connectivity index (χ0n) is 11.9. The van der Waals surface area contributed by atoms with E-state index in [0.717, 1.165) is 22.4 Å². The molecule has 19 heavy (non-hydrogen) atoms. The fourth-order valence-corrected chi connectivity index (χ4v) is 2.49. The van der Waals surface area contributed by atoms with Crippen molar-refractivity contribution in [1.82, 2.24) is 0 Å². The summed E-state index contributed by atoms with van der Waals surface area (Å²) in [5, 5.41) is 0. The molecule has 1 fully saturated rings. The van der Waals surface area contributed by atoms with Gasteiger partial charge in [-0.05, 0) is 43.5 Å². The van der Waals surface area contributed by atoms with Crippen molar-refractivity contribution in [2.75, 3.05) is 26.9 Å². The Morgan fingerprint density at radius 3 is 2.47 bits per heavy atom. The lowest BCUT2D eigenvalue weighted by atomic mass is 9.75. The first-order chi connectivity index (χ1) is 9.06. The highest BCUT2D eigenvalue weighted by atomic mass is 16.6. The van der Waals surface area contributed by atoms with Crippen LogP contribution in [0.4, 0.5) is 0 Å². The molecule has 4 nitrogen and oxygen atoms in total. The maximum atomic E-state index is 12.2. The van der Waals surface area contributed by atoms with Crippen LogP contribution in [0.5, 0.6) is 5.75 Å². The number of hydrogen-bond acceptors (Lipinski definition) is 4. The van der Waals surface area contributed by atoms with Gasteiger partial charge in [0, 0.05) is 0 Å². The van der Waals surface area contributed by atoms with E-state index in [2.05, 4.69) is 0 Å². The third-order valence-electron chi connectivity index (χ3n) is 3.84. The number of rotatable bonds is 4. The van der Waals surface area contributed by atoms with E-state index in [1.54, 1.807) is 7.11 Å². The maximum absolute atomic E-state index is 12.2. The van der Waals surface area contributed by atoms with Gasteiger partial charge in [-0.1, -0.05) is 6.07 Å². The largest absolute Gasteiger partial charge is 0.496 e. The minimum absolute atomic E-state index is 0.200. The molecule has 0 aliphatic carbocycles. The number of hydrogen-bond donors (Lipinski definition) is 0. The molecular formula is C15H20O4. The van der Waals surface area contributed by atoms with Crippen molar-refractivity contribution < 1.29 is 19.0 Å². The average molecular weight is 264 g/mol. The number of carbonyl (C=O) groups excluding carboxylic acids is 1. The summed E-state index contributed by atoms with van der Waals surface area (Å²) in [5.74, 6) is 0.634. The van der Waals surface area contributed by atoms with E-state index in [9.17, 15) is 4.79 Å². The van der Waals surface area contributed by atoms with E-state index in [1.165, 1.54) is 0 Å². The van der Waals surface area contributed by atoms with Crippen LogP contribution >= 0.6 is 0 Å². The van der Waals surface area contributed by atoms with Gasteiger partial charge in [-0.15, -0.1) is 0 Å². The Morgan fingerprint density at radius 1 is 1.32 bits per heavy atom. The monoisotopic (exact) mass is 264 g/mol. The van der Waals surface area contributed by atoms with Gasteiger partial charge in [0.25, 0.3) is 0 Å². The molecule has 2 rings (SSSR count). The Balaban J connectivity index is 2.45. The summed E-state index contributed by atoms with van der Waals surface area (Å²) in [6.45, 7) is 6.98. The molecule has 1 heterocycles. The number of ether oxygens (including phenoxy) is 3. The molecule has 4 heteroatoms. The summed E-state index contributed by atoms with van der Waals surface area (Å²) >= 11 is 0. The first-order valence-electron chi connectivity index (χ1n) is 6.46. The van der Waals surface area contributed by atoms with Crippen molar-refractivity contribution in [2.45, 2.75) is 26.2 Å². The minimum Gasteiger partial charge on any atom is -0.496 e. The lowest BCUT2D eigenvalue weighted by Gasteiger charge is -2.40. The zero-order chi connectivity index (χ0) is 14.0. The molecule has 0 bridgehead atoms. The summed E-state index contributed by atoms with van der Waals surface area (Å²) in [6.07, 6.45) is 0. The second-order valence-electron chi connectivity index (χ2n) is 4.86. The Labute approximate surface area is 113 Å². The van der Waals surface area contributed by atoms with E-state index in [-0.39, 0.29) is 5.97 Å². The van der Waals surface area contributed by atoms with Crippen molar-refractivity contribution in [3.63, 3.8) is 0 Å². The SMILES string of the molecule is CCOC(=O)C1(c2ccc(OC)c(C)c2C)COC1. The second-order valence-corrected chi connectivity index (χ2v) is 4.86. The van der Waals surface area contributed by atoms with Gasteiger partial charge in [-0.3, -0.25) is 4.79 Å². The zero-order valence-corrected chi connectivity index (χ0v) is 11.9. The van der Waals surface area contributed by atoms with E-state index >= 15 is 0 Å². The maximum Gasteiger partial charge on any atom is 0.321 e. The summed E-state index contributed by atoms with van der Waals surface area (Å²) in [5.41, 5.74) is 2.46. The molecule has 0 spiro atoms. The van der Waals surface area contributed by atoms with Crippen molar-refractivity contribution in [3.8, 4) is 5.75 Å². The van der Waals surface area contributed by atoms with E-state index in [1.807, 2.05) is 32.9 Å². The molecule has 104 valence electrons.